The summed E-state index contributed by atoms with van der Waals surface area (Å²) < 4.78 is 7.04. The van der Waals surface area contributed by atoms with E-state index in [1.54, 1.807) is 4.68 Å². The molecular formula is C12H17N5O. The van der Waals surface area contributed by atoms with Gasteiger partial charge in [0.25, 0.3) is 0 Å². The zero-order valence-electron chi connectivity index (χ0n) is 10.7. The summed E-state index contributed by atoms with van der Waals surface area (Å²) in [6.45, 7) is 4.11. The number of aromatic nitrogens is 4. The number of rotatable bonds is 6. The fraction of sp³-hybridized carbons (Fsp3) is 0.417. The topological polar surface area (TPSA) is 56.1 Å². The lowest BCUT2D eigenvalue weighted by Gasteiger charge is -2.17. The number of hydrogen-bond acceptors (Lipinski definition) is 5. The molecule has 0 aliphatic heterocycles. The maximum absolute atomic E-state index is 5.33. The summed E-state index contributed by atoms with van der Waals surface area (Å²) >= 11 is 0. The number of nitrogens with zero attached hydrogens (tertiary/aromatic N) is 5. The van der Waals surface area contributed by atoms with Crippen LogP contribution in [0.3, 0.4) is 0 Å². The molecule has 18 heavy (non-hydrogen) atoms. The summed E-state index contributed by atoms with van der Waals surface area (Å²) in [5, 5.41) is 11.8. The molecule has 0 saturated heterocycles. The number of tetrazole rings is 1. The average molecular weight is 247 g/mol. The second-order valence-corrected chi connectivity index (χ2v) is 3.84. The lowest BCUT2D eigenvalue weighted by Crippen LogP contribution is -2.25. The molecular weight excluding hydrogens is 230 g/mol. The maximum Gasteiger partial charge on any atom is 0.250 e. The Morgan fingerprint density at radius 1 is 1.28 bits per heavy atom. The van der Waals surface area contributed by atoms with E-state index in [0.717, 1.165) is 18.8 Å². The second kappa shape index (κ2) is 6.11. The van der Waals surface area contributed by atoms with Crippen LogP contribution in [0.4, 0.5) is 5.95 Å². The standard InChI is InChI=1S/C12H17N5O/c1-3-18-10-9-16(2)12-13-14-15-17(12)11-7-5-4-6-8-11/h4-8H,3,9-10H2,1-2H3. The zero-order chi connectivity index (χ0) is 12.8. The molecule has 0 spiro atoms. The van der Waals surface area contributed by atoms with E-state index in [2.05, 4.69) is 15.5 Å². The van der Waals surface area contributed by atoms with Gasteiger partial charge in [-0.15, -0.1) is 0 Å². The highest BCUT2D eigenvalue weighted by Crippen LogP contribution is 2.13. The van der Waals surface area contributed by atoms with Gasteiger partial charge in [-0.05, 0) is 29.5 Å². The van der Waals surface area contributed by atoms with E-state index in [0.29, 0.717) is 12.6 Å². The Kier molecular flexibility index (Phi) is 4.25. The van der Waals surface area contributed by atoms with Gasteiger partial charge in [-0.2, -0.15) is 4.68 Å². The Balaban J connectivity index is 2.12. The highest BCUT2D eigenvalue weighted by Gasteiger charge is 2.12. The molecule has 1 aromatic heterocycles. The van der Waals surface area contributed by atoms with Crippen LogP contribution in [-0.2, 0) is 4.74 Å². The van der Waals surface area contributed by atoms with E-state index in [-0.39, 0.29) is 0 Å². The van der Waals surface area contributed by atoms with Crippen LogP contribution in [0, 0.1) is 0 Å². The molecule has 1 heterocycles. The maximum atomic E-state index is 5.33. The van der Waals surface area contributed by atoms with E-state index in [4.69, 9.17) is 4.74 Å². The van der Waals surface area contributed by atoms with Gasteiger partial charge < -0.3 is 9.64 Å². The predicted molar refractivity (Wildman–Crippen MR) is 68.9 cm³/mol. The molecule has 0 atom stereocenters. The van der Waals surface area contributed by atoms with E-state index < -0.39 is 0 Å². The Hall–Kier alpha value is -1.95. The van der Waals surface area contributed by atoms with Gasteiger partial charge in [-0.3, -0.25) is 0 Å². The summed E-state index contributed by atoms with van der Waals surface area (Å²) in [4.78, 5) is 1.97. The molecule has 0 bridgehead atoms. The first kappa shape index (κ1) is 12.5. The highest BCUT2D eigenvalue weighted by atomic mass is 16.5. The van der Waals surface area contributed by atoms with Crippen molar-refractivity contribution in [1.29, 1.82) is 0 Å². The summed E-state index contributed by atoms with van der Waals surface area (Å²) in [5.74, 6) is 0.709. The van der Waals surface area contributed by atoms with E-state index in [1.807, 2.05) is 49.2 Å². The van der Waals surface area contributed by atoms with Crippen molar-refractivity contribution in [2.75, 3.05) is 31.7 Å². The van der Waals surface area contributed by atoms with Crippen LogP contribution in [0.2, 0.25) is 0 Å². The second-order valence-electron chi connectivity index (χ2n) is 3.84. The molecule has 0 radical (unpaired) electrons. The lowest BCUT2D eigenvalue weighted by atomic mass is 10.3. The molecule has 0 fully saturated rings. The summed E-state index contributed by atoms with van der Waals surface area (Å²) in [6, 6.07) is 9.82. The minimum Gasteiger partial charge on any atom is -0.380 e. The molecule has 0 aliphatic carbocycles. The van der Waals surface area contributed by atoms with Gasteiger partial charge >= 0.3 is 0 Å². The molecule has 0 amide bonds. The van der Waals surface area contributed by atoms with Gasteiger partial charge in [0.15, 0.2) is 0 Å². The van der Waals surface area contributed by atoms with Crippen LogP contribution in [0.1, 0.15) is 6.92 Å². The van der Waals surface area contributed by atoms with Crippen molar-refractivity contribution in [3.8, 4) is 5.69 Å². The quantitative estimate of drug-likeness (QED) is 0.716. The Morgan fingerprint density at radius 2 is 2.06 bits per heavy atom. The van der Waals surface area contributed by atoms with Gasteiger partial charge in [-0.1, -0.05) is 23.3 Å². The number of hydrogen-bond donors (Lipinski definition) is 0. The van der Waals surface area contributed by atoms with Crippen LogP contribution in [0.25, 0.3) is 5.69 Å². The van der Waals surface area contributed by atoms with Crippen LogP contribution in [-0.4, -0.2) is 47.0 Å². The van der Waals surface area contributed by atoms with Crippen molar-refractivity contribution in [2.45, 2.75) is 6.92 Å². The lowest BCUT2D eigenvalue weighted by molar-refractivity contribution is 0.154. The van der Waals surface area contributed by atoms with Crippen LogP contribution in [0.15, 0.2) is 30.3 Å². The van der Waals surface area contributed by atoms with Crippen molar-refractivity contribution >= 4 is 5.95 Å². The van der Waals surface area contributed by atoms with Gasteiger partial charge in [0.05, 0.1) is 12.3 Å². The molecule has 0 saturated carbocycles. The third-order valence-electron chi connectivity index (χ3n) is 2.57. The third kappa shape index (κ3) is 2.84. The Labute approximate surface area is 106 Å². The SMILES string of the molecule is CCOCCN(C)c1nnnn1-c1ccccc1. The number of anilines is 1. The van der Waals surface area contributed by atoms with Crippen molar-refractivity contribution < 1.29 is 4.74 Å². The van der Waals surface area contributed by atoms with E-state index >= 15 is 0 Å². The first-order valence-corrected chi connectivity index (χ1v) is 5.95. The van der Waals surface area contributed by atoms with Crippen molar-refractivity contribution in [2.24, 2.45) is 0 Å². The van der Waals surface area contributed by atoms with Crippen LogP contribution in [0.5, 0.6) is 0 Å². The van der Waals surface area contributed by atoms with Gasteiger partial charge in [0, 0.05) is 20.2 Å². The number of benzene rings is 1. The average Bonchev–Trinajstić information content (AvgIpc) is 2.89. The fourth-order valence-corrected chi connectivity index (χ4v) is 1.60. The van der Waals surface area contributed by atoms with Crippen molar-refractivity contribution in [3.63, 3.8) is 0 Å². The first-order valence-electron chi connectivity index (χ1n) is 5.95. The fourth-order valence-electron chi connectivity index (χ4n) is 1.60. The number of likely N-dealkylation sites (N-methyl/N-ethyl adjacent to an activating group) is 1. The van der Waals surface area contributed by atoms with Gasteiger partial charge in [0.1, 0.15) is 0 Å². The molecule has 6 heteroatoms. The smallest absolute Gasteiger partial charge is 0.250 e. The molecule has 2 aromatic rings. The Bertz CT molecular complexity index is 470. The minimum absolute atomic E-state index is 0.661. The normalized spacial score (nSPS) is 10.6. The Morgan fingerprint density at radius 3 is 2.78 bits per heavy atom. The molecule has 0 N–H and O–H groups in total. The summed E-state index contributed by atoms with van der Waals surface area (Å²) in [6.07, 6.45) is 0. The molecule has 1 aromatic carbocycles. The molecule has 6 nitrogen and oxygen atoms in total. The zero-order valence-corrected chi connectivity index (χ0v) is 10.7. The molecule has 96 valence electrons. The monoisotopic (exact) mass is 247 g/mol. The first-order chi connectivity index (χ1) is 8.83. The predicted octanol–water partition coefficient (Wildman–Crippen LogP) is 1.13. The van der Waals surface area contributed by atoms with Crippen molar-refractivity contribution in [1.82, 2.24) is 20.2 Å². The van der Waals surface area contributed by atoms with Gasteiger partial charge in [-0.25, -0.2) is 0 Å². The summed E-state index contributed by atoms with van der Waals surface area (Å²) in [5.41, 5.74) is 0.945. The number of para-hydroxylation sites is 1. The van der Waals surface area contributed by atoms with E-state index in [9.17, 15) is 0 Å². The molecule has 0 unspecified atom stereocenters. The largest absolute Gasteiger partial charge is 0.380 e. The number of ether oxygens (including phenoxy) is 1. The molecule has 2 rings (SSSR count). The van der Waals surface area contributed by atoms with Gasteiger partial charge in [0.2, 0.25) is 5.95 Å². The van der Waals surface area contributed by atoms with E-state index in [1.165, 1.54) is 0 Å². The minimum atomic E-state index is 0.661. The highest BCUT2D eigenvalue weighted by molar-refractivity contribution is 5.39. The van der Waals surface area contributed by atoms with Crippen LogP contribution >= 0.6 is 0 Å². The molecule has 0 aliphatic rings. The third-order valence-corrected chi connectivity index (χ3v) is 2.57. The van der Waals surface area contributed by atoms with Crippen LogP contribution < -0.4 is 4.90 Å². The van der Waals surface area contributed by atoms with Crippen molar-refractivity contribution in [3.05, 3.63) is 30.3 Å². The summed E-state index contributed by atoms with van der Waals surface area (Å²) in [7, 11) is 1.95.